The van der Waals surface area contributed by atoms with Gasteiger partial charge in [-0.1, -0.05) is 26.2 Å². The van der Waals surface area contributed by atoms with Crippen molar-refractivity contribution in [3.8, 4) is 0 Å². The van der Waals surface area contributed by atoms with E-state index in [9.17, 15) is 13.9 Å². The quantitative estimate of drug-likeness (QED) is 0.597. The Labute approximate surface area is 72.8 Å². The fourth-order valence-corrected chi connectivity index (χ4v) is 1.09. The van der Waals surface area contributed by atoms with E-state index in [2.05, 4.69) is 6.92 Å². The SMILES string of the molecule is CCCCC[C@H](O)CCC(F)F. The summed E-state index contributed by atoms with van der Waals surface area (Å²) in [4.78, 5) is 0. The van der Waals surface area contributed by atoms with Crippen LogP contribution in [0.3, 0.4) is 0 Å². The lowest BCUT2D eigenvalue weighted by Gasteiger charge is -2.08. The van der Waals surface area contributed by atoms with Gasteiger partial charge in [-0.25, -0.2) is 8.78 Å². The van der Waals surface area contributed by atoms with Crippen molar-refractivity contribution in [2.24, 2.45) is 0 Å². The summed E-state index contributed by atoms with van der Waals surface area (Å²) >= 11 is 0. The lowest BCUT2D eigenvalue weighted by molar-refractivity contribution is 0.0910. The van der Waals surface area contributed by atoms with E-state index in [1.54, 1.807) is 0 Å². The Morgan fingerprint density at radius 3 is 2.25 bits per heavy atom. The average molecular weight is 180 g/mol. The summed E-state index contributed by atoms with van der Waals surface area (Å²) in [5, 5.41) is 9.19. The molecule has 1 nitrogen and oxygen atoms in total. The number of halogens is 2. The number of aliphatic hydroxyl groups is 1. The van der Waals surface area contributed by atoms with Crippen LogP contribution in [0.2, 0.25) is 0 Å². The van der Waals surface area contributed by atoms with Gasteiger partial charge in [0.05, 0.1) is 6.10 Å². The fourth-order valence-electron chi connectivity index (χ4n) is 1.09. The molecular weight excluding hydrogens is 162 g/mol. The molecule has 0 saturated heterocycles. The normalized spacial score (nSPS) is 13.8. The lowest BCUT2D eigenvalue weighted by Crippen LogP contribution is -2.08. The second kappa shape index (κ2) is 7.47. The molecule has 0 radical (unpaired) electrons. The third-order valence-corrected chi connectivity index (χ3v) is 1.86. The predicted molar refractivity (Wildman–Crippen MR) is 45.4 cm³/mol. The van der Waals surface area contributed by atoms with Gasteiger partial charge in [0.25, 0.3) is 0 Å². The van der Waals surface area contributed by atoms with Gasteiger partial charge in [-0.3, -0.25) is 0 Å². The Kier molecular flexibility index (Phi) is 7.36. The second-order valence-corrected chi connectivity index (χ2v) is 3.12. The van der Waals surface area contributed by atoms with Crippen LogP contribution in [-0.4, -0.2) is 17.6 Å². The first-order valence-electron chi connectivity index (χ1n) is 4.63. The molecule has 0 fully saturated rings. The van der Waals surface area contributed by atoms with Crippen molar-refractivity contribution in [1.29, 1.82) is 0 Å². The Balaban J connectivity index is 3.15. The first kappa shape index (κ1) is 11.8. The molecule has 0 aliphatic carbocycles. The molecule has 0 aromatic heterocycles. The molecule has 0 aromatic carbocycles. The first-order valence-corrected chi connectivity index (χ1v) is 4.63. The summed E-state index contributed by atoms with van der Waals surface area (Å²) in [5.41, 5.74) is 0. The molecule has 0 rings (SSSR count). The lowest BCUT2D eigenvalue weighted by atomic mass is 10.1. The standard InChI is InChI=1S/C9H18F2O/c1-2-3-4-5-8(12)6-7-9(10)11/h8-9,12H,2-7H2,1H3/t8-/m0/s1. The van der Waals surface area contributed by atoms with Gasteiger partial charge in [0, 0.05) is 6.42 Å². The topological polar surface area (TPSA) is 20.2 Å². The summed E-state index contributed by atoms with van der Waals surface area (Å²) in [5.74, 6) is 0. The van der Waals surface area contributed by atoms with E-state index in [4.69, 9.17) is 0 Å². The summed E-state index contributed by atoms with van der Waals surface area (Å²) < 4.78 is 23.3. The van der Waals surface area contributed by atoms with Gasteiger partial charge in [0.2, 0.25) is 6.43 Å². The van der Waals surface area contributed by atoms with Crippen molar-refractivity contribution >= 4 is 0 Å². The van der Waals surface area contributed by atoms with E-state index in [-0.39, 0.29) is 12.8 Å². The van der Waals surface area contributed by atoms with Crippen molar-refractivity contribution in [1.82, 2.24) is 0 Å². The molecule has 12 heavy (non-hydrogen) atoms. The van der Waals surface area contributed by atoms with Gasteiger partial charge >= 0.3 is 0 Å². The highest BCUT2D eigenvalue weighted by Crippen LogP contribution is 2.11. The van der Waals surface area contributed by atoms with Gasteiger partial charge < -0.3 is 5.11 Å². The van der Waals surface area contributed by atoms with Crippen LogP contribution in [0.15, 0.2) is 0 Å². The molecule has 0 aromatic rings. The van der Waals surface area contributed by atoms with Crippen LogP contribution in [0, 0.1) is 0 Å². The van der Waals surface area contributed by atoms with E-state index in [0.29, 0.717) is 6.42 Å². The molecule has 0 unspecified atom stereocenters. The molecule has 74 valence electrons. The monoisotopic (exact) mass is 180 g/mol. The first-order chi connectivity index (χ1) is 5.66. The van der Waals surface area contributed by atoms with Gasteiger partial charge in [-0.15, -0.1) is 0 Å². The molecule has 0 amide bonds. The molecular formula is C9H18F2O. The number of aliphatic hydroxyl groups excluding tert-OH is 1. The third kappa shape index (κ3) is 7.92. The van der Waals surface area contributed by atoms with E-state index >= 15 is 0 Å². The maximum absolute atomic E-state index is 11.7. The Morgan fingerprint density at radius 2 is 1.75 bits per heavy atom. The molecule has 0 bridgehead atoms. The minimum Gasteiger partial charge on any atom is -0.393 e. The van der Waals surface area contributed by atoms with Crippen LogP contribution in [0.5, 0.6) is 0 Å². The Morgan fingerprint density at radius 1 is 1.08 bits per heavy atom. The van der Waals surface area contributed by atoms with Crippen LogP contribution in [0.1, 0.15) is 45.4 Å². The summed E-state index contributed by atoms with van der Waals surface area (Å²) in [6.07, 6.45) is 1.06. The highest BCUT2D eigenvalue weighted by atomic mass is 19.3. The molecule has 1 N–H and O–H groups in total. The number of unbranched alkanes of at least 4 members (excludes halogenated alkanes) is 2. The summed E-state index contributed by atoms with van der Waals surface area (Å²) in [6, 6.07) is 0. The van der Waals surface area contributed by atoms with Crippen molar-refractivity contribution in [2.75, 3.05) is 0 Å². The van der Waals surface area contributed by atoms with Gasteiger partial charge in [-0.2, -0.15) is 0 Å². The van der Waals surface area contributed by atoms with E-state index in [0.717, 1.165) is 19.3 Å². The van der Waals surface area contributed by atoms with Crippen molar-refractivity contribution < 1.29 is 13.9 Å². The molecule has 0 aliphatic heterocycles. The predicted octanol–water partition coefficient (Wildman–Crippen LogP) is 2.97. The summed E-state index contributed by atoms with van der Waals surface area (Å²) in [7, 11) is 0. The molecule has 3 heteroatoms. The zero-order valence-electron chi connectivity index (χ0n) is 7.60. The maximum atomic E-state index is 11.7. The molecule has 0 aliphatic rings. The minimum absolute atomic E-state index is 0.173. The third-order valence-electron chi connectivity index (χ3n) is 1.86. The van der Waals surface area contributed by atoms with Crippen molar-refractivity contribution in [2.45, 2.75) is 58.0 Å². The Hall–Kier alpha value is -0.180. The molecule has 0 spiro atoms. The van der Waals surface area contributed by atoms with Crippen LogP contribution in [0.25, 0.3) is 0 Å². The van der Waals surface area contributed by atoms with E-state index in [1.807, 2.05) is 0 Å². The highest BCUT2D eigenvalue weighted by Gasteiger charge is 2.08. The number of hydrogen-bond donors (Lipinski definition) is 1. The van der Waals surface area contributed by atoms with Gasteiger partial charge in [0.15, 0.2) is 0 Å². The van der Waals surface area contributed by atoms with Crippen LogP contribution in [0.4, 0.5) is 8.78 Å². The zero-order chi connectivity index (χ0) is 9.40. The minimum atomic E-state index is -2.27. The number of hydrogen-bond acceptors (Lipinski definition) is 1. The van der Waals surface area contributed by atoms with Crippen molar-refractivity contribution in [3.05, 3.63) is 0 Å². The molecule has 0 heterocycles. The highest BCUT2D eigenvalue weighted by molar-refractivity contribution is 4.56. The number of rotatable bonds is 7. The van der Waals surface area contributed by atoms with Crippen molar-refractivity contribution in [3.63, 3.8) is 0 Å². The smallest absolute Gasteiger partial charge is 0.238 e. The second-order valence-electron chi connectivity index (χ2n) is 3.12. The van der Waals surface area contributed by atoms with Gasteiger partial charge in [0.1, 0.15) is 0 Å². The maximum Gasteiger partial charge on any atom is 0.238 e. The van der Waals surface area contributed by atoms with E-state index < -0.39 is 12.5 Å². The van der Waals surface area contributed by atoms with E-state index in [1.165, 1.54) is 0 Å². The molecule has 1 atom stereocenters. The largest absolute Gasteiger partial charge is 0.393 e. The number of alkyl halides is 2. The van der Waals surface area contributed by atoms with Crippen LogP contribution in [-0.2, 0) is 0 Å². The van der Waals surface area contributed by atoms with Crippen LogP contribution < -0.4 is 0 Å². The Bertz CT molecular complexity index is 96.5. The van der Waals surface area contributed by atoms with Gasteiger partial charge in [-0.05, 0) is 12.8 Å². The fraction of sp³-hybridized carbons (Fsp3) is 1.00. The van der Waals surface area contributed by atoms with Crippen LogP contribution >= 0.6 is 0 Å². The summed E-state index contributed by atoms with van der Waals surface area (Å²) in [6.45, 7) is 2.07. The molecule has 0 saturated carbocycles. The zero-order valence-corrected chi connectivity index (χ0v) is 7.60. The average Bonchev–Trinajstić information content (AvgIpc) is 2.01.